The maximum Gasteiger partial charge on any atom is 0.308 e. The van der Waals surface area contributed by atoms with Crippen LogP contribution in [0.1, 0.15) is 20.3 Å². The molecule has 0 aromatic rings. The highest BCUT2D eigenvalue weighted by molar-refractivity contribution is 5.82. The second-order valence-electron chi connectivity index (χ2n) is 3.20. The van der Waals surface area contributed by atoms with Crippen molar-refractivity contribution in [2.45, 2.75) is 20.3 Å². The number of carbonyl (C=O) groups is 3. The first-order valence-corrected chi connectivity index (χ1v) is 4.36. The molecule has 2 N–H and O–H groups in total. The summed E-state index contributed by atoms with van der Waals surface area (Å²) in [6.45, 7) is 2.96. The molecule has 0 amide bonds. The standard InChI is InChI=1S/C9H14O5/c1-3-6(4-10)7(9(13)14)5(2)8(11)12/h4-7H,3H2,1-2H3,(H,11,12)(H,13,14). The molecule has 0 bridgehead atoms. The molecular formula is C9H14O5. The fourth-order valence-electron chi connectivity index (χ4n) is 1.36. The van der Waals surface area contributed by atoms with E-state index < -0.39 is 29.7 Å². The molecule has 14 heavy (non-hydrogen) atoms. The fraction of sp³-hybridized carbons (Fsp3) is 0.667. The average molecular weight is 202 g/mol. The van der Waals surface area contributed by atoms with Gasteiger partial charge in [0.05, 0.1) is 11.8 Å². The summed E-state index contributed by atoms with van der Waals surface area (Å²) in [4.78, 5) is 31.9. The van der Waals surface area contributed by atoms with Crippen LogP contribution in [0.3, 0.4) is 0 Å². The molecule has 0 spiro atoms. The molecule has 0 aromatic heterocycles. The summed E-state index contributed by atoms with van der Waals surface area (Å²) in [5, 5.41) is 17.5. The lowest BCUT2D eigenvalue weighted by Gasteiger charge is -2.20. The van der Waals surface area contributed by atoms with Crippen molar-refractivity contribution in [3.63, 3.8) is 0 Å². The van der Waals surface area contributed by atoms with Crippen LogP contribution in [0.2, 0.25) is 0 Å². The number of aliphatic carboxylic acids is 2. The smallest absolute Gasteiger partial charge is 0.308 e. The minimum Gasteiger partial charge on any atom is -0.481 e. The molecule has 0 aromatic carbocycles. The molecule has 3 atom stereocenters. The molecule has 5 heteroatoms. The van der Waals surface area contributed by atoms with E-state index in [-0.39, 0.29) is 0 Å². The molecule has 5 nitrogen and oxygen atoms in total. The summed E-state index contributed by atoms with van der Waals surface area (Å²) < 4.78 is 0. The van der Waals surface area contributed by atoms with Gasteiger partial charge < -0.3 is 15.0 Å². The zero-order valence-corrected chi connectivity index (χ0v) is 8.14. The van der Waals surface area contributed by atoms with Crippen molar-refractivity contribution in [3.8, 4) is 0 Å². The van der Waals surface area contributed by atoms with E-state index >= 15 is 0 Å². The molecule has 3 unspecified atom stereocenters. The van der Waals surface area contributed by atoms with Gasteiger partial charge in [-0.25, -0.2) is 0 Å². The third kappa shape index (κ3) is 2.83. The SMILES string of the molecule is CCC(C=O)C(C(=O)O)C(C)C(=O)O. The van der Waals surface area contributed by atoms with E-state index in [1.807, 2.05) is 0 Å². The van der Waals surface area contributed by atoms with Crippen molar-refractivity contribution < 1.29 is 24.6 Å². The van der Waals surface area contributed by atoms with Gasteiger partial charge in [-0.05, 0) is 6.42 Å². The summed E-state index contributed by atoms with van der Waals surface area (Å²) in [6, 6.07) is 0. The lowest BCUT2D eigenvalue weighted by atomic mass is 9.82. The summed E-state index contributed by atoms with van der Waals surface area (Å²) in [5.41, 5.74) is 0. The Morgan fingerprint density at radius 2 is 1.79 bits per heavy atom. The van der Waals surface area contributed by atoms with Crippen LogP contribution in [-0.2, 0) is 14.4 Å². The maximum absolute atomic E-state index is 10.8. The maximum atomic E-state index is 10.8. The van der Waals surface area contributed by atoms with Crippen LogP contribution in [0.5, 0.6) is 0 Å². The predicted molar refractivity (Wildman–Crippen MR) is 47.8 cm³/mol. The summed E-state index contributed by atoms with van der Waals surface area (Å²) in [7, 11) is 0. The van der Waals surface area contributed by atoms with Gasteiger partial charge in [-0.2, -0.15) is 0 Å². The fourth-order valence-corrected chi connectivity index (χ4v) is 1.36. The highest BCUT2D eigenvalue weighted by Gasteiger charge is 2.35. The molecule has 0 radical (unpaired) electrons. The molecule has 0 fully saturated rings. The Bertz CT molecular complexity index is 233. The van der Waals surface area contributed by atoms with E-state index in [0.717, 1.165) is 0 Å². The highest BCUT2D eigenvalue weighted by Crippen LogP contribution is 2.23. The largest absolute Gasteiger partial charge is 0.481 e. The Hall–Kier alpha value is -1.39. The topological polar surface area (TPSA) is 91.7 Å². The van der Waals surface area contributed by atoms with Crippen molar-refractivity contribution in [1.82, 2.24) is 0 Å². The zero-order chi connectivity index (χ0) is 11.3. The number of rotatable bonds is 6. The highest BCUT2D eigenvalue weighted by atomic mass is 16.4. The molecule has 0 saturated heterocycles. The van der Waals surface area contributed by atoms with Crippen LogP contribution in [-0.4, -0.2) is 28.4 Å². The normalized spacial score (nSPS) is 16.7. The van der Waals surface area contributed by atoms with Crippen molar-refractivity contribution in [2.24, 2.45) is 17.8 Å². The van der Waals surface area contributed by atoms with Gasteiger partial charge in [0, 0.05) is 5.92 Å². The predicted octanol–water partition coefficient (Wildman–Crippen LogP) is 0.633. The average Bonchev–Trinajstić information content (AvgIpc) is 2.12. The third-order valence-corrected chi connectivity index (χ3v) is 2.32. The number of aldehydes is 1. The van der Waals surface area contributed by atoms with Crippen LogP contribution < -0.4 is 0 Å². The Morgan fingerprint density at radius 3 is 2.00 bits per heavy atom. The van der Waals surface area contributed by atoms with Gasteiger partial charge in [-0.15, -0.1) is 0 Å². The first-order chi connectivity index (χ1) is 6.45. The Balaban J connectivity index is 4.83. The first-order valence-electron chi connectivity index (χ1n) is 4.36. The summed E-state index contributed by atoms with van der Waals surface area (Å²) >= 11 is 0. The van der Waals surface area contributed by atoms with E-state index in [0.29, 0.717) is 12.7 Å². The lowest BCUT2D eigenvalue weighted by molar-refractivity contribution is -0.156. The van der Waals surface area contributed by atoms with Gasteiger partial charge in [0.1, 0.15) is 6.29 Å². The van der Waals surface area contributed by atoms with E-state index in [1.54, 1.807) is 6.92 Å². The second kappa shape index (κ2) is 5.36. The van der Waals surface area contributed by atoms with Gasteiger partial charge >= 0.3 is 11.9 Å². The number of hydrogen-bond acceptors (Lipinski definition) is 3. The van der Waals surface area contributed by atoms with Crippen LogP contribution in [0, 0.1) is 17.8 Å². The van der Waals surface area contributed by atoms with Crippen molar-refractivity contribution in [3.05, 3.63) is 0 Å². The molecule has 0 rings (SSSR count). The zero-order valence-electron chi connectivity index (χ0n) is 8.14. The third-order valence-electron chi connectivity index (χ3n) is 2.32. The van der Waals surface area contributed by atoms with Crippen LogP contribution >= 0.6 is 0 Å². The minimum absolute atomic E-state index is 0.331. The monoisotopic (exact) mass is 202 g/mol. The molecule has 0 aliphatic rings. The first kappa shape index (κ1) is 12.6. The Morgan fingerprint density at radius 1 is 1.29 bits per heavy atom. The molecule has 0 aliphatic heterocycles. The van der Waals surface area contributed by atoms with Crippen LogP contribution in [0.4, 0.5) is 0 Å². The van der Waals surface area contributed by atoms with Gasteiger partial charge in [0.25, 0.3) is 0 Å². The van der Waals surface area contributed by atoms with Gasteiger partial charge in [-0.3, -0.25) is 9.59 Å². The van der Waals surface area contributed by atoms with Crippen LogP contribution in [0.25, 0.3) is 0 Å². The van der Waals surface area contributed by atoms with E-state index in [2.05, 4.69) is 0 Å². The minimum atomic E-state index is -1.24. The molecule has 0 saturated carbocycles. The van der Waals surface area contributed by atoms with Crippen molar-refractivity contribution in [2.75, 3.05) is 0 Å². The summed E-state index contributed by atoms with van der Waals surface area (Å²) in [5.74, 6) is -5.37. The quantitative estimate of drug-likeness (QED) is 0.616. The Labute approximate surface area is 81.7 Å². The number of carbonyl (C=O) groups excluding carboxylic acids is 1. The number of hydrogen-bond donors (Lipinski definition) is 2. The van der Waals surface area contributed by atoms with Crippen molar-refractivity contribution >= 4 is 18.2 Å². The van der Waals surface area contributed by atoms with E-state index in [9.17, 15) is 14.4 Å². The molecule has 0 heterocycles. The summed E-state index contributed by atoms with van der Waals surface area (Å²) in [6.07, 6.45) is 0.844. The number of carboxylic acids is 2. The van der Waals surface area contributed by atoms with Crippen molar-refractivity contribution in [1.29, 1.82) is 0 Å². The van der Waals surface area contributed by atoms with Gasteiger partial charge in [0.15, 0.2) is 0 Å². The van der Waals surface area contributed by atoms with E-state index in [4.69, 9.17) is 10.2 Å². The van der Waals surface area contributed by atoms with Gasteiger partial charge in [-0.1, -0.05) is 13.8 Å². The van der Waals surface area contributed by atoms with E-state index in [1.165, 1.54) is 6.92 Å². The molecular weight excluding hydrogens is 188 g/mol. The number of carboxylic acid groups (broad SMARTS) is 2. The second-order valence-corrected chi connectivity index (χ2v) is 3.20. The van der Waals surface area contributed by atoms with Gasteiger partial charge in [0.2, 0.25) is 0 Å². The van der Waals surface area contributed by atoms with Crippen LogP contribution in [0.15, 0.2) is 0 Å². The molecule has 0 aliphatic carbocycles. The molecule has 80 valence electrons. The lowest BCUT2D eigenvalue weighted by Crippen LogP contribution is -2.34. The Kier molecular flexibility index (Phi) is 4.83.